The predicted molar refractivity (Wildman–Crippen MR) is 86.1 cm³/mol. The van der Waals surface area contributed by atoms with Crippen LogP contribution in [0.4, 0.5) is 0 Å². The zero-order valence-corrected chi connectivity index (χ0v) is 14.7. The molecule has 0 unspecified atom stereocenters. The van der Waals surface area contributed by atoms with Crippen LogP contribution >= 0.6 is 11.3 Å². The maximum Gasteiger partial charge on any atom is 0.356 e. The molecule has 1 aromatic rings. The lowest BCUT2D eigenvalue weighted by Crippen LogP contribution is -2.46. The Hall–Kier alpha value is -1.96. The van der Waals surface area contributed by atoms with Crippen molar-refractivity contribution in [1.29, 1.82) is 0 Å². The number of rotatable bonds is 4. The maximum absolute atomic E-state index is 12.3. The number of thiazole rings is 1. The standard InChI is InChI=1S/C15H21N3O4S/c1-14(2,3)21-12(20)9-8-10(22-18-9)11(19)17-15(4,5)13-16-6-7-23-13/h6-7,10H,8H2,1-5H3,(H,17,19)/t10-/m1/s1. The molecule has 0 spiro atoms. The fourth-order valence-electron chi connectivity index (χ4n) is 1.95. The number of carbonyl (C=O) groups excluding carboxylic acids is 2. The zero-order valence-electron chi connectivity index (χ0n) is 13.9. The van der Waals surface area contributed by atoms with E-state index in [1.807, 2.05) is 19.2 Å². The molecule has 0 radical (unpaired) electrons. The van der Waals surface area contributed by atoms with Gasteiger partial charge in [-0.1, -0.05) is 5.16 Å². The van der Waals surface area contributed by atoms with Crippen LogP contribution in [0.25, 0.3) is 0 Å². The maximum atomic E-state index is 12.3. The van der Waals surface area contributed by atoms with Crippen LogP contribution in [0.3, 0.4) is 0 Å². The van der Waals surface area contributed by atoms with Gasteiger partial charge in [0.2, 0.25) is 6.10 Å². The van der Waals surface area contributed by atoms with E-state index in [4.69, 9.17) is 9.57 Å². The molecule has 2 rings (SSSR count). The molecular weight excluding hydrogens is 318 g/mol. The van der Waals surface area contributed by atoms with E-state index in [-0.39, 0.29) is 18.0 Å². The fraction of sp³-hybridized carbons (Fsp3) is 0.600. The molecular formula is C15H21N3O4S. The molecule has 126 valence electrons. The van der Waals surface area contributed by atoms with Crippen molar-refractivity contribution in [1.82, 2.24) is 10.3 Å². The van der Waals surface area contributed by atoms with E-state index >= 15 is 0 Å². The van der Waals surface area contributed by atoms with Crippen LogP contribution < -0.4 is 5.32 Å². The Balaban J connectivity index is 1.93. The van der Waals surface area contributed by atoms with E-state index in [1.165, 1.54) is 11.3 Å². The monoisotopic (exact) mass is 339 g/mol. The summed E-state index contributed by atoms with van der Waals surface area (Å²) in [5.41, 5.74) is -1.12. The summed E-state index contributed by atoms with van der Waals surface area (Å²) in [5, 5.41) is 9.19. The summed E-state index contributed by atoms with van der Waals surface area (Å²) in [6, 6.07) is 0. The summed E-state index contributed by atoms with van der Waals surface area (Å²) in [5.74, 6) is -0.903. The van der Waals surface area contributed by atoms with Gasteiger partial charge in [-0.2, -0.15) is 0 Å². The average molecular weight is 339 g/mol. The minimum Gasteiger partial charge on any atom is -0.455 e. The molecule has 1 amide bonds. The molecule has 7 nitrogen and oxygen atoms in total. The second kappa shape index (κ2) is 6.27. The topological polar surface area (TPSA) is 89.9 Å². The van der Waals surface area contributed by atoms with Gasteiger partial charge in [0.05, 0.1) is 5.54 Å². The van der Waals surface area contributed by atoms with Crippen molar-refractivity contribution in [2.75, 3.05) is 0 Å². The lowest BCUT2D eigenvalue weighted by molar-refractivity contribution is -0.146. The first-order valence-electron chi connectivity index (χ1n) is 7.26. The predicted octanol–water partition coefficient (Wildman–Crippen LogP) is 1.98. The van der Waals surface area contributed by atoms with Gasteiger partial charge in [-0.15, -0.1) is 11.3 Å². The Kier molecular flexibility index (Phi) is 4.74. The second-order valence-corrected chi connectivity index (χ2v) is 7.68. The van der Waals surface area contributed by atoms with Crippen molar-refractivity contribution in [2.24, 2.45) is 5.16 Å². The number of oxime groups is 1. The minimum absolute atomic E-state index is 0.0920. The molecule has 1 aliphatic heterocycles. The minimum atomic E-state index is -0.836. The third-order valence-corrected chi connectivity index (χ3v) is 4.10. The third-order valence-electron chi connectivity index (χ3n) is 3.00. The smallest absolute Gasteiger partial charge is 0.356 e. The zero-order chi connectivity index (χ0) is 17.3. The molecule has 23 heavy (non-hydrogen) atoms. The summed E-state index contributed by atoms with van der Waals surface area (Å²) in [4.78, 5) is 33.5. The largest absolute Gasteiger partial charge is 0.455 e. The lowest BCUT2D eigenvalue weighted by atomic mass is 10.1. The van der Waals surface area contributed by atoms with Crippen LogP contribution in [0, 0.1) is 0 Å². The summed E-state index contributed by atoms with van der Waals surface area (Å²) in [7, 11) is 0. The van der Waals surface area contributed by atoms with E-state index in [0.29, 0.717) is 0 Å². The Morgan fingerprint density at radius 1 is 1.35 bits per heavy atom. The van der Waals surface area contributed by atoms with E-state index in [0.717, 1.165) is 5.01 Å². The number of ether oxygens (including phenoxy) is 1. The van der Waals surface area contributed by atoms with E-state index in [9.17, 15) is 9.59 Å². The molecule has 0 bridgehead atoms. The molecule has 1 atom stereocenters. The van der Waals surface area contributed by atoms with Crippen molar-refractivity contribution in [3.63, 3.8) is 0 Å². The molecule has 2 heterocycles. The third kappa shape index (κ3) is 4.51. The highest BCUT2D eigenvalue weighted by atomic mass is 32.1. The van der Waals surface area contributed by atoms with Crippen LogP contribution in [0.1, 0.15) is 46.0 Å². The van der Waals surface area contributed by atoms with Gasteiger partial charge in [-0.25, -0.2) is 9.78 Å². The number of amides is 1. The second-order valence-electron chi connectivity index (χ2n) is 6.79. The van der Waals surface area contributed by atoms with E-state index in [2.05, 4.69) is 15.5 Å². The highest BCUT2D eigenvalue weighted by Crippen LogP contribution is 2.23. The number of esters is 1. The highest BCUT2D eigenvalue weighted by Gasteiger charge is 2.36. The first-order valence-corrected chi connectivity index (χ1v) is 8.14. The number of nitrogens with zero attached hydrogens (tertiary/aromatic N) is 2. The van der Waals surface area contributed by atoms with Crippen molar-refractivity contribution >= 4 is 28.9 Å². The summed E-state index contributed by atoms with van der Waals surface area (Å²) in [6.07, 6.45) is 0.940. The summed E-state index contributed by atoms with van der Waals surface area (Å²) < 4.78 is 5.22. The number of carbonyl (C=O) groups is 2. The molecule has 0 aliphatic carbocycles. The molecule has 1 N–H and O–H groups in total. The highest BCUT2D eigenvalue weighted by molar-refractivity contribution is 7.09. The molecule has 0 saturated heterocycles. The SMILES string of the molecule is CC(C)(C)OC(=O)C1=NO[C@@H](C(=O)NC(C)(C)c2nccs2)C1. The van der Waals surface area contributed by atoms with Crippen LogP contribution in [-0.2, 0) is 24.7 Å². The van der Waals surface area contributed by atoms with Gasteiger partial charge in [0.1, 0.15) is 10.6 Å². The Labute approximate surface area is 139 Å². The Morgan fingerprint density at radius 2 is 2.04 bits per heavy atom. The first-order chi connectivity index (χ1) is 10.6. The van der Waals surface area contributed by atoms with Crippen LogP contribution in [-0.4, -0.2) is 34.3 Å². The van der Waals surface area contributed by atoms with Gasteiger partial charge >= 0.3 is 5.97 Å². The normalized spacial score (nSPS) is 18.1. The van der Waals surface area contributed by atoms with Crippen molar-refractivity contribution in [3.05, 3.63) is 16.6 Å². The van der Waals surface area contributed by atoms with Gasteiger partial charge in [0, 0.05) is 18.0 Å². The van der Waals surface area contributed by atoms with E-state index < -0.39 is 23.2 Å². The number of nitrogens with one attached hydrogen (secondary N) is 1. The number of aromatic nitrogens is 1. The van der Waals surface area contributed by atoms with Gasteiger partial charge in [0.15, 0.2) is 5.71 Å². The van der Waals surface area contributed by atoms with Gasteiger partial charge in [-0.05, 0) is 34.6 Å². The van der Waals surface area contributed by atoms with Gasteiger partial charge in [0.25, 0.3) is 5.91 Å². The Morgan fingerprint density at radius 3 is 2.61 bits per heavy atom. The fourth-order valence-corrected chi connectivity index (χ4v) is 2.67. The molecule has 0 aromatic carbocycles. The molecule has 0 saturated carbocycles. The van der Waals surface area contributed by atoms with Gasteiger partial charge in [-0.3, -0.25) is 4.79 Å². The van der Waals surface area contributed by atoms with Crippen molar-refractivity contribution in [3.8, 4) is 0 Å². The average Bonchev–Trinajstić information content (AvgIpc) is 3.08. The first kappa shape index (κ1) is 17.4. The lowest BCUT2D eigenvalue weighted by Gasteiger charge is -2.25. The Bertz CT molecular complexity index is 617. The summed E-state index contributed by atoms with van der Waals surface area (Å²) in [6.45, 7) is 9.01. The molecule has 1 aromatic heterocycles. The van der Waals surface area contributed by atoms with Crippen LogP contribution in [0.5, 0.6) is 0 Å². The molecule has 1 aliphatic rings. The molecule has 0 fully saturated rings. The quantitative estimate of drug-likeness (QED) is 0.847. The number of hydrogen-bond donors (Lipinski definition) is 1. The summed E-state index contributed by atoms with van der Waals surface area (Å²) >= 11 is 1.46. The van der Waals surface area contributed by atoms with Gasteiger partial charge < -0.3 is 14.9 Å². The number of hydrogen-bond acceptors (Lipinski definition) is 7. The molecule has 8 heteroatoms. The van der Waals surface area contributed by atoms with E-state index in [1.54, 1.807) is 27.0 Å². The van der Waals surface area contributed by atoms with Crippen LogP contribution in [0.2, 0.25) is 0 Å². The van der Waals surface area contributed by atoms with Crippen molar-refractivity contribution < 1.29 is 19.2 Å². The van der Waals surface area contributed by atoms with Crippen molar-refractivity contribution in [2.45, 2.75) is 58.3 Å². The van der Waals surface area contributed by atoms with Crippen LogP contribution in [0.15, 0.2) is 16.7 Å².